The van der Waals surface area contributed by atoms with Crippen LogP contribution in [-0.4, -0.2) is 79.8 Å². The number of alkyl carbamates (subject to hydrolysis) is 1. The summed E-state index contributed by atoms with van der Waals surface area (Å²) in [7, 11) is 1.30. The SMILES string of the molecule is COC(=O)N[C@H](C(=O)N1CCC[C@H]1c1nc2c([nH]1)CCc1cc(-c3ccc4cc(-c5cnc([C@@H]6CCCN6C(=O)[C@H](NC(=O)C(C)C)c6ccccc6)[nH]5)ccc4c3)ccc1-2)C(C)C. The Kier molecular flexibility index (Phi) is 11.8. The van der Waals surface area contributed by atoms with E-state index in [0.29, 0.717) is 13.1 Å². The van der Waals surface area contributed by atoms with Crippen LogP contribution in [0.2, 0.25) is 0 Å². The molecule has 2 aromatic heterocycles. The molecule has 4 N–H and O–H groups in total. The zero-order chi connectivity index (χ0) is 44.6. The van der Waals surface area contributed by atoms with Crippen molar-refractivity contribution in [1.29, 1.82) is 0 Å². The summed E-state index contributed by atoms with van der Waals surface area (Å²) in [5, 5.41) is 7.96. The smallest absolute Gasteiger partial charge is 0.407 e. The second kappa shape index (κ2) is 17.8. The zero-order valence-corrected chi connectivity index (χ0v) is 37.1. The number of aryl methyl sites for hydroxylation is 2. The summed E-state index contributed by atoms with van der Waals surface area (Å²) >= 11 is 0. The van der Waals surface area contributed by atoms with Crippen LogP contribution >= 0.6 is 0 Å². The van der Waals surface area contributed by atoms with Crippen molar-refractivity contribution in [2.24, 2.45) is 11.8 Å². The van der Waals surface area contributed by atoms with Gasteiger partial charge in [0.05, 0.1) is 36.8 Å². The summed E-state index contributed by atoms with van der Waals surface area (Å²) < 4.78 is 4.81. The standard InChI is InChI=1S/C51H56N8O5/c1-29(2)43(57-51(63)64-5)49(61)59-24-10-14-42(59)47-53-39-22-20-36-26-35(19-21-38(36)45(39)55-47)32-15-16-34-27-37(18-17-33(34)25-32)40-28-52-46(54-40)41-13-9-23-58(41)50(62)44(56-48(60)30(3)4)31-11-7-6-8-12-31/h6-8,11-12,15-19,21,25-30,41-44H,9-10,13-14,20,22-24H2,1-5H3,(H,52,54)(H,53,55)(H,56,60)(H,57,63)/t41-,42-,43-,44+/m0/s1. The van der Waals surface area contributed by atoms with Gasteiger partial charge in [0.15, 0.2) is 0 Å². The first-order valence-corrected chi connectivity index (χ1v) is 22.6. The summed E-state index contributed by atoms with van der Waals surface area (Å²) in [6.45, 7) is 8.70. The van der Waals surface area contributed by atoms with Crippen LogP contribution in [0.4, 0.5) is 4.79 Å². The fourth-order valence-electron chi connectivity index (χ4n) is 9.62. The third kappa shape index (κ3) is 8.26. The van der Waals surface area contributed by atoms with Crippen molar-refractivity contribution in [3.05, 3.63) is 120 Å². The molecule has 9 rings (SSSR count). The number of likely N-dealkylation sites (tertiary alicyclic amines) is 2. The summed E-state index contributed by atoms with van der Waals surface area (Å²) in [6.07, 6.45) is 6.24. The van der Waals surface area contributed by atoms with E-state index >= 15 is 0 Å². The van der Waals surface area contributed by atoms with E-state index in [1.807, 2.05) is 74.0 Å². The number of fused-ring (bicyclic) bond motifs is 4. The number of nitrogens with zero attached hydrogens (tertiary/aromatic N) is 4. The largest absolute Gasteiger partial charge is 0.453 e. The van der Waals surface area contributed by atoms with Crippen LogP contribution in [0.25, 0.3) is 44.4 Å². The van der Waals surface area contributed by atoms with Gasteiger partial charge in [0.25, 0.3) is 0 Å². The highest BCUT2D eigenvalue weighted by molar-refractivity contribution is 5.92. The van der Waals surface area contributed by atoms with E-state index in [4.69, 9.17) is 14.7 Å². The second-order valence-corrected chi connectivity index (χ2v) is 18.0. The number of amides is 4. The highest BCUT2D eigenvalue weighted by Crippen LogP contribution is 2.40. The molecule has 4 heterocycles. The molecular formula is C51H56N8O5. The number of rotatable bonds is 11. The van der Waals surface area contributed by atoms with Gasteiger partial charge in [-0.25, -0.2) is 14.8 Å². The number of aromatic nitrogens is 4. The van der Waals surface area contributed by atoms with Crippen LogP contribution in [0, 0.1) is 11.8 Å². The monoisotopic (exact) mass is 860 g/mol. The molecule has 330 valence electrons. The maximum Gasteiger partial charge on any atom is 0.407 e. The lowest BCUT2D eigenvalue weighted by Gasteiger charge is -2.30. The fraction of sp³-hybridized carbons (Fsp3) is 0.373. The lowest BCUT2D eigenvalue weighted by Crippen LogP contribution is -2.51. The number of ether oxygens (including phenoxy) is 1. The van der Waals surface area contributed by atoms with Gasteiger partial charge in [0, 0.05) is 35.8 Å². The summed E-state index contributed by atoms with van der Waals surface area (Å²) in [5.41, 5.74) is 9.31. The van der Waals surface area contributed by atoms with Gasteiger partial charge in [-0.1, -0.05) is 100 Å². The Morgan fingerprint density at radius 3 is 2.09 bits per heavy atom. The molecule has 0 radical (unpaired) electrons. The Labute approximate surface area is 373 Å². The van der Waals surface area contributed by atoms with Crippen LogP contribution in [0.15, 0.2) is 91.1 Å². The van der Waals surface area contributed by atoms with Gasteiger partial charge in [0.1, 0.15) is 23.7 Å². The first-order valence-electron chi connectivity index (χ1n) is 22.6. The van der Waals surface area contributed by atoms with Crippen LogP contribution in [-0.2, 0) is 32.0 Å². The highest BCUT2D eigenvalue weighted by atomic mass is 16.5. The van der Waals surface area contributed by atoms with Crippen molar-refractivity contribution in [3.8, 4) is 33.6 Å². The molecule has 0 spiro atoms. The molecule has 1 aliphatic carbocycles. The summed E-state index contributed by atoms with van der Waals surface area (Å²) in [6, 6.07) is 27.2. The van der Waals surface area contributed by atoms with E-state index in [1.54, 1.807) is 0 Å². The third-order valence-corrected chi connectivity index (χ3v) is 13.2. The Bertz CT molecular complexity index is 2720. The third-order valence-electron chi connectivity index (χ3n) is 13.2. The number of carbonyl (C=O) groups excluding carboxylic acids is 4. The van der Waals surface area contributed by atoms with E-state index in [0.717, 1.165) is 106 Å². The number of H-pyrrole nitrogens is 2. The van der Waals surface area contributed by atoms with E-state index in [9.17, 15) is 19.2 Å². The van der Waals surface area contributed by atoms with Gasteiger partial charge in [-0.05, 0) is 89.6 Å². The highest BCUT2D eigenvalue weighted by Gasteiger charge is 2.39. The van der Waals surface area contributed by atoms with Gasteiger partial charge in [-0.3, -0.25) is 14.4 Å². The minimum absolute atomic E-state index is 0.100. The van der Waals surface area contributed by atoms with Crippen molar-refractivity contribution in [2.75, 3.05) is 20.2 Å². The molecule has 3 aliphatic rings. The minimum atomic E-state index is -0.772. The number of hydrogen-bond donors (Lipinski definition) is 4. The molecule has 2 saturated heterocycles. The van der Waals surface area contributed by atoms with Crippen LogP contribution in [0.3, 0.4) is 0 Å². The van der Waals surface area contributed by atoms with E-state index in [-0.39, 0.29) is 41.6 Å². The molecule has 2 aliphatic heterocycles. The molecule has 0 unspecified atom stereocenters. The van der Waals surface area contributed by atoms with Gasteiger partial charge in [-0.15, -0.1) is 0 Å². The van der Waals surface area contributed by atoms with Crippen molar-refractivity contribution >= 4 is 34.6 Å². The topological polar surface area (TPSA) is 165 Å². The van der Waals surface area contributed by atoms with Crippen molar-refractivity contribution in [2.45, 2.75) is 90.4 Å². The molecule has 13 nitrogen and oxygen atoms in total. The average Bonchev–Trinajstić information content (AvgIpc) is 4.16. The maximum atomic E-state index is 14.1. The van der Waals surface area contributed by atoms with Gasteiger partial charge in [-0.2, -0.15) is 0 Å². The maximum absolute atomic E-state index is 14.1. The summed E-state index contributed by atoms with van der Waals surface area (Å²) in [5.74, 6) is 0.779. The van der Waals surface area contributed by atoms with Gasteiger partial charge < -0.3 is 35.1 Å². The van der Waals surface area contributed by atoms with Gasteiger partial charge in [0.2, 0.25) is 17.7 Å². The minimum Gasteiger partial charge on any atom is -0.453 e. The van der Waals surface area contributed by atoms with Crippen LogP contribution < -0.4 is 10.6 Å². The summed E-state index contributed by atoms with van der Waals surface area (Å²) in [4.78, 5) is 73.6. The lowest BCUT2D eigenvalue weighted by atomic mass is 9.89. The normalized spacial score (nSPS) is 17.9. The molecular weight excluding hydrogens is 805 g/mol. The number of benzene rings is 4. The molecule has 0 bridgehead atoms. The molecule has 4 amide bonds. The lowest BCUT2D eigenvalue weighted by molar-refractivity contribution is -0.138. The Morgan fingerprint density at radius 1 is 0.734 bits per heavy atom. The van der Waals surface area contributed by atoms with Crippen LogP contribution in [0.5, 0.6) is 0 Å². The number of hydrogen-bond acceptors (Lipinski definition) is 7. The molecule has 4 atom stereocenters. The number of imidazole rings is 2. The fourth-order valence-corrected chi connectivity index (χ4v) is 9.62. The van der Waals surface area contributed by atoms with Crippen LogP contribution in [0.1, 0.15) is 100.0 Å². The van der Waals surface area contributed by atoms with Gasteiger partial charge >= 0.3 is 6.09 Å². The predicted octanol–water partition coefficient (Wildman–Crippen LogP) is 8.61. The predicted molar refractivity (Wildman–Crippen MR) is 246 cm³/mol. The molecule has 13 heteroatoms. The molecule has 64 heavy (non-hydrogen) atoms. The number of aromatic amines is 2. The Morgan fingerprint density at radius 2 is 1.39 bits per heavy atom. The van der Waals surface area contributed by atoms with Crippen molar-refractivity contribution < 1.29 is 23.9 Å². The average molecular weight is 861 g/mol. The molecule has 2 fully saturated rings. The molecule has 4 aromatic carbocycles. The number of nitrogens with one attached hydrogen (secondary N) is 4. The molecule has 6 aromatic rings. The zero-order valence-electron chi connectivity index (χ0n) is 37.1. The van der Waals surface area contributed by atoms with Crippen molar-refractivity contribution in [1.82, 2.24) is 40.4 Å². The first-order chi connectivity index (χ1) is 31.0. The number of carbonyl (C=O) groups is 4. The number of methoxy groups -OCH3 is 1. The Balaban J connectivity index is 0.905. The van der Waals surface area contributed by atoms with E-state index in [1.165, 1.54) is 12.7 Å². The quantitative estimate of drug-likeness (QED) is 0.101. The van der Waals surface area contributed by atoms with Crippen molar-refractivity contribution in [3.63, 3.8) is 0 Å². The Hall–Kier alpha value is -6.76. The molecule has 0 saturated carbocycles. The van der Waals surface area contributed by atoms with E-state index in [2.05, 4.69) is 75.2 Å². The van der Waals surface area contributed by atoms with E-state index < -0.39 is 18.2 Å². The first kappa shape index (κ1) is 42.5. The second-order valence-electron chi connectivity index (χ2n) is 18.0.